The van der Waals surface area contributed by atoms with E-state index in [1.165, 1.54) is 32.9 Å². The van der Waals surface area contributed by atoms with Crippen LogP contribution in [0.25, 0.3) is 22.8 Å². The van der Waals surface area contributed by atoms with Crippen molar-refractivity contribution in [1.82, 2.24) is 29.7 Å². The first-order valence-corrected chi connectivity index (χ1v) is 11.8. The van der Waals surface area contributed by atoms with Gasteiger partial charge in [-0.3, -0.25) is 0 Å². The lowest BCUT2D eigenvalue weighted by molar-refractivity contribution is 0.848. The van der Waals surface area contributed by atoms with Gasteiger partial charge in [0.15, 0.2) is 11.6 Å². The number of benzene rings is 2. The minimum Gasteiger partial charge on any atom is -0.335 e. The summed E-state index contributed by atoms with van der Waals surface area (Å²) in [5, 5.41) is 18.6. The monoisotopic (exact) mass is 552 g/mol. The van der Waals surface area contributed by atoms with E-state index < -0.39 is 0 Å². The zero-order valence-corrected chi connectivity index (χ0v) is 19.5. The van der Waals surface area contributed by atoms with Crippen molar-refractivity contribution in [1.29, 1.82) is 0 Å². The van der Waals surface area contributed by atoms with Gasteiger partial charge in [0, 0.05) is 20.1 Å². The van der Waals surface area contributed by atoms with E-state index in [2.05, 4.69) is 52.3 Å². The van der Waals surface area contributed by atoms with Crippen molar-refractivity contribution in [3.8, 4) is 22.8 Å². The van der Waals surface area contributed by atoms with Crippen molar-refractivity contribution in [3.05, 3.63) is 57.5 Å². The maximum absolute atomic E-state index is 6.17. The summed E-state index contributed by atoms with van der Waals surface area (Å²) in [6, 6.07) is 15.5. The molecule has 148 valence electrons. The molecule has 0 aliphatic rings. The highest BCUT2D eigenvalue weighted by Crippen LogP contribution is 2.29. The minimum absolute atomic E-state index is 0.595. The summed E-state index contributed by atoms with van der Waals surface area (Å²) in [7, 11) is 0. The number of aromatic nitrogens is 6. The highest BCUT2D eigenvalue weighted by atomic mass is 79.9. The summed E-state index contributed by atoms with van der Waals surface area (Å²) in [5.74, 6) is 13.5. The van der Waals surface area contributed by atoms with Crippen LogP contribution in [-0.4, -0.2) is 34.8 Å². The third kappa shape index (κ3) is 4.44. The third-order valence-corrected chi connectivity index (χ3v) is 6.87. The quantitative estimate of drug-likeness (QED) is 0.209. The van der Waals surface area contributed by atoms with Crippen molar-refractivity contribution in [2.45, 2.75) is 10.3 Å². The van der Waals surface area contributed by atoms with Crippen LogP contribution in [0.4, 0.5) is 0 Å². The van der Waals surface area contributed by atoms with Crippen molar-refractivity contribution in [3.63, 3.8) is 0 Å². The maximum atomic E-state index is 6.17. The minimum atomic E-state index is 0.595. The molecule has 2 aromatic heterocycles. The Labute approximate surface area is 191 Å². The Hall–Kier alpha value is -2.02. The van der Waals surface area contributed by atoms with Crippen LogP contribution in [0, 0.1) is 0 Å². The molecule has 0 fully saturated rings. The lowest BCUT2D eigenvalue weighted by atomic mass is 10.2. The fraction of sp³-hybridized carbons (Fsp3) is 0.0588. The first-order valence-electron chi connectivity index (χ1n) is 8.21. The summed E-state index contributed by atoms with van der Waals surface area (Å²) in [6.45, 7) is 0. The molecule has 2 aromatic carbocycles. The summed E-state index contributed by atoms with van der Waals surface area (Å²) in [4.78, 5) is 0. The van der Waals surface area contributed by atoms with Crippen LogP contribution in [0.2, 0.25) is 0 Å². The molecule has 4 rings (SSSR count). The Bertz CT molecular complexity index is 1070. The Morgan fingerprint density at radius 2 is 1.17 bits per heavy atom. The van der Waals surface area contributed by atoms with Gasteiger partial charge in [0.1, 0.15) is 0 Å². The lowest BCUT2D eigenvalue weighted by Gasteiger charge is -2.05. The van der Waals surface area contributed by atoms with Gasteiger partial charge in [0.2, 0.25) is 10.3 Å². The Kier molecular flexibility index (Phi) is 6.13. The van der Waals surface area contributed by atoms with Gasteiger partial charge in [-0.15, -0.1) is 20.4 Å². The van der Waals surface area contributed by atoms with Gasteiger partial charge >= 0.3 is 0 Å². The molecule has 0 saturated carbocycles. The number of nitrogens with zero attached hydrogens (tertiary/aromatic N) is 6. The third-order valence-electron chi connectivity index (χ3n) is 3.87. The molecule has 0 unspecified atom stereocenters. The normalized spacial score (nSPS) is 11.1. The lowest BCUT2D eigenvalue weighted by Crippen LogP contribution is -2.12. The van der Waals surface area contributed by atoms with Crippen LogP contribution in [0.5, 0.6) is 0 Å². The van der Waals surface area contributed by atoms with E-state index in [1.54, 1.807) is 0 Å². The second-order valence-electron chi connectivity index (χ2n) is 5.78. The van der Waals surface area contributed by atoms with Gasteiger partial charge in [-0.05, 0) is 24.3 Å². The summed E-state index contributed by atoms with van der Waals surface area (Å²) in [6.07, 6.45) is 0. The molecule has 0 saturated heterocycles. The summed E-state index contributed by atoms with van der Waals surface area (Å²) >= 11 is 9.80. The standard InChI is InChI=1S/C17H14Br2N8S2/c18-12-5-1-3-10(7-12)14-22-24-16(26(14)20)28-9-29-17-25-23-15(27(17)21)11-4-2-6-13(19)8-11/h1-8H,9,20-21H2. The summed E-state index contributed by atoms with van der Waals surface area (Å²) < 4.78 is 4.86. The molecule has 0 bridgehead atoms. The first-order chi connectivity index (χ1) is 14.0. The molecule has 0 atom stereocenters. The number of hydrogen-bond acceptors (Lipinski definition) is 8. The average Bonchev–Trinajstić information content (AvgIpc) is 3.25. The number of rotatable bonds is 6. The van der Waals surface area contributed by atoms with Crippen LogP contribution >= 0.6 is 55.4 Å². The number of halogens is 2. The highest BCUT2D eigenvalue weighted by molar-refractivity contribution is 9.10. The number of thioether (sulfide) groups is 2. The second kappa shape index (κ2) is 8.78. The molecule has 8 nitrogen and oxygen atoms in total. The van der Waals surface area contributed by atoms with E-state index in [1.807, 2.05) is 48.5 Å². The van der Waals surface area contributed by atoms with E-state index in [-0.39, 0.29) is 0 Å². The summed E-state index contributed by atoms with van der Waals surface area (Å²) in [5.41, 5.74) is 1.77. The van der Waals surface area contributed by atoms with Gasteiger partial charge in [-0.1, -0.05) is 79.6 Å². The Morgan fingerprint density at radius 3 is 1.59 bits per heavy atom. The predicted molar refractivity (Wildman–Crippen MR) is 123 cm³/mol. The van der Waals surface area contributed by atoms with E-state index in [0.717, 1.165) is 20.1 Å². The van der Waals surface area contributed by atoms with E-state index in [0.29, 0.717) is 27.0 Å². The fourth-order valence-corrected chi connectivity index (χ4v) is 5.06. The smallest absolute Gasteiger partial charge is 0.210 e. The van der Waals surface area contributed by atoms with E-state index in [9.17, 15) is 0 Å². The largest absolute Gasteiger partial charge is 0.335 e. The molecule has 12 heteroatoms. The van der Waals surface area contributed by atoms with Crippen LogP contribution in [0.1, 0.15) is 0 Å². The number of nitrogens with two attached hydrogens (primary N) is 2. The molecule has 29 heavy (non-hydrogen) atoms. The second-order valence-corrected chi connectivity index (χ2v) is 9.86. The molecule has 0 spiro atoms. The molecule has 4 aromatic rings. The van der Waals surface area contributed by atoms with Crippen LogP contribution < -0.4 is 11.7 Å². The molecule has 0 aliphatic heterocycles. The van der Waals surface area contributed by atoms with Crippen LogP contribution in [0.15, 0.2) is 67.8 Å². The fourth-order valence-electron chi connectivity index (χ4n) is 2.53. The molecular formula is C17H14Br2N8S2. The van der Waals surface area contributed by atoms with Crippen molar-refractivity contribution < 1.29 is 0 Å². The van der Waals surface area contributed by atoms with Crippen LogP contribution in [-0.2, 0) is 0 Å². The van der Waals surface area contributed by atoms with Crippen molar-refractivity contribution in [2.24, 2.45) is 0 Å². The first kappa shape index (κ1) is 20.3. The van der Waals surface area contributed by atoms with Crippen LogP contribution in [0.3, 0.4) is 0 Å². The maximum Gasteiger partial charge on any atom is 0.210 e. The predicted octanol–water partition coefficient (Wildman–Crippen LogP) is 4.00. The van der Waals surface area contributed by atoms with Gasteiger partial charge in [0.05, 0.1) is 5.08 Å². The Balaban J connectivity index is 1.44. The highest BCUT2D eigenvalue weighted by Gasteiger charge is 2.15. The van der Waals surface area contributed by atoms with E-state index >= 15 is 0 Å². The zero-order chi connectivity index (χ0) is 20.4. The van der Waals surface area contributed by atoms with Gasteiger partial charge in [0.25, 0.3) is 0 Å². The molecule has 0 amide bonds. The number of hydrogen-bond donors (Lipinski definition) is 2. The SMILES string of the molecule is Nn1c(SCSc2nnc(-c3cccc(Br)c3)n2N)nnc1-c1cccc(Br)c1. The molecule has 0 radical (unpaired) electrons. The molecular weight excluding hydrogens is 540 g/mol. The van der Waals surface area contributed by atoms with Gasteiger partial charge in [-0.25, -0.2) is 9.35 Å². The topological polar surface area (TPSA) is 113 Å². The van der Waals surface area contributed by atoms with Crippen molar-refractivity contribution in [2.75, 3.05) is 16.8 Å². The zero-order valence-electron chi connectivity index (χ0n) is 14.7. The number of nitrogen functional groups attached to an aromatic ring is 2. The molecule has 2 heterocycles. The average molecular weight is 554 g/mol. The van der Waals surface area contributed by atoms with Crippen molar-refractivity contribution >= 4 is 55.4 Å². The Morgan fingerprint density at radius 1 is 0.724 bits per heavy atom. The molecule has 0 aliphatic carbocycles. The molecule has 4 N–H and O–H groups in total. The van der Waals surface area contributed by atoms with Gasteiger partial charge < -0.3 is 11.7 Å². The van der Waals surface area contributed by atoms with Gasteiger partial charge in [-0.2, -0.15) is 0 Å². The van der Waals surface area contributed by atoms with E-state index in [4.69, 9.17) is 11.7 Å².